The quantitative estimate of drug-likeness (QED) is 0.657. The predicted octanol–water partition coefficient (Wildman–Crippen LogP) is 4.70. The van der Waals surface area contributed by atoms with Gasteiger partial charge < -0.3 is 5.32 Å². The standard InChI is InChI=1S/C14H11ClF2N2O2/c1-8(11-4-2-9(16)6-13(11)17)18-14-7-10(19(20)21)3-5-12(14)15/h2-8,18H,1H3. The summed E-state index contributed by atoms with van der Waals surface area (Å²) in [4.78, 5) is 10.2. The number of benzene rings is 2. The molecule has 0 amide bonds. The molecule has 0 bridgehead atoms. The van der Waals surface area contributed by atoms with Gasteiger partial charge in [0.15, 0.2) is 0 Å². The van der Waals surface area contributed by atoms with Gasteiger partial charge in [0.1, 0.15) is 11.6 Å². The van der Waals surface area contributed by atoms with Gasteiger partial charge in [0.25, 0.3) is 5.69 Å². The van der Waals surface area contributed by atoms with E-state index in [0.717, 1.165) is 12.1 Å². The highest BCUT2D eigenvalue weighted by Gasteiger charge is 2.15. The first kappa shape index (κ1) is 15.2. The molecule has 0 radical (unpaired) electrons. The van der Waals surface area contributed by atoms with E-state index in [1.807, 2.05) is 0 Å². The number of nitrogens with one attached hydrogen (secondary N) is 1. The molecule has 1 atom stereocenters. The molecule has 1 N–H and O–H groups in total. The molecule has 2 aromatic carbocycles. The van der Waals surface area contributed by atoms with Gasteiger partial charge in [-0.15, -0.1) is 0 Å². The highest BCUT2D eigenvalue weighted by molar-refractivity contribution is 6.33. The highest BCUT2D eigenvalue weighted by atomic mass is 35.5. The first-order valence-corrected chi connectivity index (χ1v) is 6.41. The summed E-state index contributed by atoms with van der Waals surface area (Å²) in [5.41, 5.74) is 0.412. The molecule has 0 spiro atoms. The van der Waals surface area contributed by atoms with Crippen LogP contribution in [-0.2, 0) is 0 Å². The summed E-state index contributed by atoms with van der Waals surface area (Å²) in [6, 6.07) is 6.62. The van der Waals surface area contributed by atoms with E-state index in [2.05, 4.69) is 5.32 Å². The molecule has 0 aliphatic heterocycles. The maximum absolute atomic E-state index is 13.7. The molecule has 0 aliphatic carbocycles. The maximum atomic E-state index is 13.7. The van der Waals surface area contributed by atoms with Crippen LogP contribution in [0.4, 0.5) is 20.2 Å². The number of anilines is 1. The second kappa shape index (κ2) is 6.05. The zero-order valence-electron chi connectivity index (χ0n) is 10.9. The smallest absolute Gasteiger partial charge is 0.271 e. The Morgan fingerprint density at radius 1 is 1.24 bits per heavy atom. The number of hydrogen-bond donors (Lipinski definition) is 1. The maximum Gasteiger partial charge on any atom is 0.271 e. The average molecular weight is 313 g/mol. The van der Waals surface area contributed by atoms with Crippen LogP contribution in [0.1, 0.15) is 18.5 Å². The van der Waals surface area contributed by atoms with Crippen molar-refractivity contribution in [2.75, 3.05) is 5.32 Å². The largest absolute Gasteiger partial charge is 0.377 e. The van der Waals surface area contributed by atoms with Crippen LogP contribution in [0.15, 0.2) is 36.4 Å². The Hall–Kier alpha value is -2.21. The number of nitrogens with zero attached hydrogens (tertiary/aromatic N) is 1. The van der Waals surface area contributed by atoms with Gasteiger partial charge in [-0.25, -0.2) is 8.78 Å². The van der Waals surface area contributed by atoms with E-state index in [1.54, 1.807) is 6.92 Å². The number of nitro benzene ring substituents is 1. The third kappa shape index (κ3) is 3.46. The SMILES string of the molecule is CC(Nc1cc([N+](=O)[O-])ccc1Cl)c1ccc(F)cc1F. The van der Waals surface area contributed by atoms with Crippen molar-refractivity contribution < 1.29 is 13.7 Å². The number of rotatable bonds is 4. The molecular weight excluding hydrogens is 302 g/mol. The van der Waals surface area contributed by atoms with E-state index in [0.29, 0.717) is 5.69 Å². The summed E-state index contributed by atoms with van der Waals surface area (Å²) in [7, 11) is 0. The van der Waals surface area contributed by atoms with E-state index in [-0.39, 0.29) is 16.3 Å². The van der Waals surface area contributed by atoms with Gasteiger partial charge in [-0.2, -0.15) is 0 Å². The minimum Gasteiger partial charge on any atom is -0.377 e. The molecule has 4 nitrogen and oxygen atoms in total. The topological polar surface area (TPSA) is 55.2 Å². The average Bonchev–Trinajstić information content (AvgIpc) is 2.40. The number of hydrogen-bond acceptors (Lipinski definition) is 3. The van der Waals surface area contributed by atoms with Crippen molar-refractivity contribution in [3.05, 3.63) is 68.7 Å². The molecule has 110 valence electrons. The molecule has 21 heavy (non-hydrogen) atoms. The molecule has 0 saturated carbocycles. The van der Waals surface area contributed by atoms with Crippen LogP contribution in [0.2, 0.25) is 5.02 Å². The Labute approximate surface area is 124 Å². The number of halogens is 3. The zero-order valence-corrected chi connectivity index (χ0v) is 11.7. The van der Waals surface area contributed by atoms with Crippen LogP contribution in [-0.4, -0.2) is 4.92 Å². The van der Waals surface area contributed by atoms with E-state index in [9.17, 15) is 18.9 Å². The van der Waals surface area contributed by atoms with Crippen molar-refractivity contribution in [1.29, 1.82) is 0 Å². The van der Waals surface area contributed by atoms with Crippen molar-refractivity contribution in [2.45, 2.75) is 13.0 Å². The Bertz CT molecular complexity index is 695. The summed E-state index contributed by atoms with van der Waals surface area (Å²) in [5.74, 6) is -1.37. The van der Waals surface area contributed by atoms with Crippen molar-refractivity contribution >= 4 is 23.0 Å². The summed E-state index contributed by atoms with van der Waals surface area (Å²) < 4.78 is 26.6. The summed E-state index contributed by atoms with van der Waals surface area (Å²) in [5, 5.41) is 13.9. The lowest BCUT2D eigenvalue weighted by Gasteiger charge is -2.17. The third-order valence-electron chi connectivity index (χ3n) is 2.96. The minimum absolute atomic E-state index is 0.131. The second-order valence-corrected chi connectivity index (χ2v) is 4.86. The molecule has 0 aliphatic rings. The van der Waals surface area contributed by atoms with E-state index in [1.165, 1.54) is 24.3 Å². The van der Waals surface area contributed by atoms with Crippen LogP contribution in [0.5, 0.6) is 0 Å². The van der Waals surface area contributed by atoms with Gasteiger partial charge >= 0.3 is 0 Å². The molecule has 0 fully saturated rings. The summed E-state index contributed by atoms with van der Waals surface area (Å²) in [6.07, 6.45) is 0. The fraction of sp³-hybridized carbons (Fsp3) is 0.143. The van der Waals surface area contributed by atoms with Crippen LogP contribution in [0.3, 0.4) is 0 Å². The van der Waals surface area contributed by atoms with Crippen LogP contribution < -0.4 is 5.32 Å². The fourth-order valence-electron chi connectivity index (χ4n) is 1.90. The van der Waals surface area contributed by atoms with Gasteiger partial charge in [0.05, 0.1) is 21.7 Å². The Morgan fingerprint density at radius 2 is 1.95 bits per heavy atom. The number of nitro groups is 1. The summed E-state index contributed by atoms with van der Waals surface area (Å²) in [6.45, 7) is 1.64. The van der Waals surface area contributed by atoms with E-state index < -0.39 is 22.6 Å². The van der Waals surface area contributed by atoms with Gasteiger partial charge in [0, 0.05) is 23.8 Å². The molecule has 0 heterocycles. The Balaban J connectivity index is 2.28. The molecule has 2 rings (SSSR count). The fourth-order valence-corrected chi connectivity index (χ4v) is 2.07. The van der Waals surface area contributed by atoms with Crippen LogP contribution >= 0.6 is 11.6 Å². The molecule has 1 unspecified atom stereocenters. The van der Waals surface area contributed by atoms with E-state index >= 15 is 0 Å². The molecular formula is C14H11ClF2N2O2. The van der Waals surface area contributed by atoms with Crippen LogP contribution in [0.25, 0.3) is 0 Å². The molecule has 7 heteroatoms. The minimum atomic E-state index is -0.698. The Morgan fingerprint density at radius 3 is 2.57 bits per heavy atom. The van der Waals surface area contributed by atoms with Gasteiger partial charge in [-0.05, 0) is 19.1 Å². The first-order valence-electron chi connectivity index (χ1n) is 6.04. The predicted molar refractivity (Wildman–Crippen MR) is 76.5 cm³/mol. The van der Waals surface area contributed by atoms with Crippen molar-refractivity contribution in [3.63, 3.8) is 0 Å². The van der Waals surface area contributed by atoms with Gasteiger partial charge in [-0.1, -0.05) is 17.7 Å². The van der Waals surface area contributed by atoms with E-state index in [4.69, 9.17) is 11.6 Å². The summed E-state index contributed by atoms with van der Waals surface area (Å²) >= 11 is 5.96. The number of non-ortho nitro benzene ring substituents is 1. The lowest BCUT2D eigenvalue weighted by atomic mass is 10.1. The van der Waals surface area contributed by atoms with Crippen molar-refractivity contribution in [1.82, 2.24) is 0 Å². The van der Waals surface area contributed by atoms with Crippen molar-refractivity contribution in [2.24, 2.45) is 0 Å². The lowest BCUT2D eigenvalue weighted by molar-refractivity contribution is -0.384. The highest BCUT2D eigenvalue weighted by Crippen LogP contribution is 2.30. The molecule has 2 aromatic rings. The normalized spacial score (nSPS) is 12.0. The zero-order chi connectivity index (χ0) is 15.6. The molecule has 0 saturated heterocycles. The van der Waals surface area contributed by atoms with Gasteiger partial charge in [-0.3, -0.25) is 10.1 Å². The van der Waals surface area contributed by atoms with Crippen molar-refractivity contribution in [3.8, 4) is 0 Å². The third-order valence-corrected chi connectivity index (χ3v) is 3.29. The lowest BCUT2D eigenvalue weighted by Crippen LogP contribution is -2.09. The monoisotopic (exact) mass is 312 g/mol. The first-order chi connectivity index (χ1) is 9.88. The Kier molecular flexibility index (Phi) is 4.37. The van der Waals surface area contributed by atoms with Gasteiger partial charge in [0.2, 0.25) is 0 Å². The second-order valence-electron chi connectivity index (χ2n) is 4.45. The molecule has 0 aromatic heterocycles. The van der Waals surface area contributed by atoms with Crippen LogP contribution in [0, 0.1) is 21.7 Å².